The molecule has 0 aliphatic rings. The van der Waals surface area contributed by atoms with Crippen molar-refractivity contribution in [1.82, 2.24) is 21.3 Å². The molecule has 11 heteroatoms. The number of aryl methyl sites for hydroxylation is 1. The number of carbonyl (C=O) groups excluding carboxylic acids is 3. The third-order valence-electron chi connectivity index (χ3n) is 8.75. The van der Waals surface area contributed by atoms with Crippen LogP contribution in [-0.4, -0.2) is 70.1 Å². The van der Waals surface area contributed by atoms with E-state index in [2.05, 4.69) is 66.3 Å². The first kappa shape index (κ1) is 39.3. The van der Waals surface area contributed by atoms with E-state index >= 15 is 0 Å². The van der Waals surface area contributed by atoms with Gasteiger partial charge in [-0.05, 0) is 108 Å². The average Bonchev–Trinajstić information content (AvgIpc) is 3.12. The van der Waals surface area contributed by atoms with Crippen molar-refractivity contribution in [2.75, 3.05) is 52.4 Å². The molecule has 0 aromatic heterocycles. The van der Waals surface area contributed by atoms with Gasteiger partial charge < -0.3 is 44.2 Å². The summed E-state index contributed by atoms with van der Waals surface area (Å²) in [4.78, 5) is 39.1. The highest BCUT2D eigenvalue weighted by Gasteiger charge is 2.23. The van der Waals surface area contributed by atoms with Crippen molar-refractivity contribution < 1.29 is 14.4 Å². The van der Waals surface area contributed by atoms with Crippen molar-refractivity contribution >= 4 is 17.7 Å². The Labute approximate surface area is 291 Å². The molecule has 2 unspecified atom stereocenters. The summed E-state index contributed by atoms with van der Waals surface area (Å²) in [5.74, 6) is -0.391. The number of nitrogens with two attached hydrogens (primary N) is 4. The maximum atomic E-state index is 13.0. The number of hydrogen-bond acceptors (Lipinski definition) is 8. The SMILES string of the molecule is CCC(CC(CC)c1cc(-c2cc(CNCCN)cc(C(=O)NCCN)c2)ccc1C)c1cc(C(=O)NCCN)cc(C(=O)NCCN)c1. The summed E-state index contributed by atoms with van der Waals surface area (Å²) in [6.45, 7) is 10.3. The van der Waals surface area contributed by atoms with Gasteiger partial charge in [0.05, 0.1) is 0 Å². The van der Waals surface area contributed by atoms with Gasteiger partial charge in [-0.15, -0.1) is 0 Å². The van der Waals surface area contributed by atoms with Gasteiger partial charge in [0.2, 0.25) is 0 Å². The first-order valence-electron chi connectivity index (χ1n) is 17.4. The van der Waals surface area contributed by atoms with Crippen LogP contribution in [0.25, 0.3) is 11.1 Å². The minimum atomic E-state index is -0.262. The van der Waals surface area contributed by atoms with Crippen LogP contribution in [0.4, 0.5) is 0 Å². The van der Waals surface area contributed by atoms with Crippen LogP contribution in [0.5, 0.6) is 0 Å². The zero-order valence-electron chi connectivity index (χ0n) is 29.4. The molecule has 3 aromatic rings. The summed E-state index contributed by atoms with van der Waals surface area (Å²) < 4.78 is 0. The molecule has 49 heavy (non-hydrogen) atoms. The smallest absolute Gasteiger partial charge is 0.251 e. The summed E-state index contributed by atoms with van der Waals surface area (Å²) in [7, 11) is 0. The third-order valence-corrected chi connectivity index (χ3v) is 8.75. The van der Waals surface area contributed by atoms with Gasteiger partial charge in [-0.25, -0.2) is 0 Å². The van der Waals surface area contributed by atoms with Crippen molar-refractivity contribution in [2.45, 2.75) is 58.4 Å². The molecule has 11 nitrogen and oxygen atoms in total. The van der Waals surface area contributed by atoms with Crippen LogP contribution in [-0.2, 0) is 6.54 Å². The van der Waals surface area contributed by atoms with Crippen molar-refractivity contribution in [1.29, 1.82) is 0 Å². The van der Waals surface area contributed by atoms with Crippen LogP contribution < -0.4 is 44.2 Å². The molecule has 3 aromatic carbocycles. The maximum absolute atomic E-state index is 13.0. The molecule has 3 rings (SSSR count). The largest absolute Gasteiger partial charge is 0.351 e. The fourth-order valence-corrected chi connectivity index (χ4v) is 6.09. The number of carbonyl (C=O) groups is 3. The summed E-state index contributed by atoms with van der Waals surface area (Å²) in [6, 6.07) is 17.9. The van der Waals surface area contributed by atoms with E-state index < -0.39 is 0 Å². The molecule has 0 saturated heterocycles. The second kappa shape index (κ2) is 20.4. The molecule has 3 amide bonds. The molecule has 0 spiro atoms. The van der Waals surface area contributed by atoms with Gasteiger partial charge in [-0.1, -0.05) is 32.0 Å². The lowest BCUT2D eigenvalue weighted by atomic mass is 9.79. The monoisotopic (exact) mass is 672 g/mol. The van der Waals surface area contributed by atoms with E-state index in [0.717, 1.165) is 41.5 Å². The molecule has 12 N–H and O–H groups in total. The molecule has 0 aliphatic carbocycles. The van der Waals surface area contributed by atoms with Crippen molar-refractivity contribution in [2.24, 2.45) is 22.9 Å². The van der Waals surface area contributed by atoms with Crippen LogP contribution in [0.3, 0.4) is 0 Å². The summed E-state index contributed by atoms with van der Waals surface area (Å²) in [5, 5.41) is 11.9. The predicted octanol–water partition coefficient (Wildman–Crippen LogP) is 2.85. The van der Waals surface area contributed by atoms with E-state index in [9.17, 15) is 14.4 Å². The molecular formula is C38H56N8O3. The fourth-order valence-electron chi connectivity index (χ4n) is 6.09. The zero-order valence-corrected chi connectivity index (χ0v) is 29.4. The first-order chi connectivity index (χ1) is 23.7. The third kappa shape index (κ3) is 11.5. The molecular weight excluding hydrogens is 616 g/mol. The van der Waals surface area contributed by atoms with Crippen molar-refractivity contribution in [3.8, 4) is 11.1 Å². The van der Waals surface area contributed by atoms with Gasteiger partial charge in [0.1, 0.15) is 0 Å². The Hall–Kier alpha value is -4.13. The van der Waals surface area contributed by atoms with Gasteiger partial charge in [-0.3, -0.25) is 14.4 Å². The maximum Gasteiger partial charge on any atom is 0.251 e. The van der Waals surface area contributed by atoms with Crippen LogP contribution in [0.1, 0.15) is 98.3 Å². The molecule has 0 heterocycles. The minimum Gasteiger partial charge on any atom is -0.351 e. The van der Waals surface area contributed by atoms with E-state index in [1.807, 2.05) is 24.3 Å². The minimum absolute atomic E-state index is 0.0890. The quantitative estimate of drug-likeness (QED) is 0.0837. The number of amides is 3. The van der Waals surface area contributed by atoms with Gasteiger partial charge >= 0.3 is 0 Å². The first-order valence-corrected chi connectivity index (χ1v) is 17.4. The van der Waals surface area contributed by atoms with Gasteiger partial charge in [-0.2, -0.15) is 0 Å². The lowest BCUT2D eigenvalue weighted by Gasteiger charge is -2.25. The Morgan fingerprint density at radius 3 is 1.65 bits per heavy atom. The molecule has 2 atom stereocenters. The van der Waals surface area contributed by atoms with E-state index in [1.165, 1.54) is 11.1 Å². The van der Waals surface area contributed by atoms with E-state index in [0.29, 0.717) is 75.6 Å². The highest BCUT2D eigenvalue weighted by molar-refractivity contribution is 6.00. The Morgan fingerprint density at radius 2 is 1.14 bits per heavy atom. The highest BCUT2D eigenvalue weighted by Crippen LogP contribution is 2.38. The average molecular weight is 673 g/mol. The van der Waals surface area contributed by atoms with E-state index in [-0.39, 0.29) is 29.6 Å². The topological polar surface area (TPSA) is 203 Å². The lowest BCUT2D eigenvalue weighted by molar-refractivity contribution is 0.0943. The zero-order chi connectivity index (χ0) is 35.8. The highest BCUT2D eigenvalue weighted by atomic mass is 16.2. The molecule has 0 bridgehead atoms. The summed E-state index contributed by atoms with van der Waals surface area (Å²) in [6.07, 6.45) is 2.55. The van der Waals surface area contributed by atoms with E-state index in [1.54, 1.807) is 6.07 Å². The van der Waals surface area contributed by atoms with Crippen LogP contribution >= 0.6 is 0 Å². The fraction of sp³-hybridized carbons (Fsp3) is 0.447. The Morgan fingerprint density at radius 1 is 0.612 bits per heavy atom. The second-order valence-electron chi connectivity index (χ2n) is 12.4. The molecule has 0 saturated carbocycles. The standard InChI is InChI=1S/C38H56N8O3/c1-4-27(31-20-33(37(48)45-14-10-41)22-34(21-31)38(49)46-15-11-42)18-28(5-2)35-23-29(7-6-25(35)3)30-16-26(24-43-12-8-39)17-32(19-30)36(47)44-13-9-40/h6-7,16-17,19-23,27-28,43H,4-5,8-15,18,24,39-42H2,1-3H3,(H,44,47)(H,45,48)(H,46,49). The lowest BCUT2D eigenvalue weighted by Crippen LogP contribution is -2.31. The molecule has 0 fully saturated rings. The van der Waals surface area contributed by atoms with Gasteiger partial charge in [0, 0.05) is 75.6 Å². The number of hydrogen-bond donors (Lipinski definition) is 8. The normalized spacial score (nSPS) is 12.3. The van der Waals surface area contributed by atoms with Crippen LogP contribution in [0.15, 0.2) is 54.6 Å². The van der Waals surface area contributed by atoms with Crippen LogP contribution in [0, 0.1) is 6.92 Å². The Balaban J connectivity index is 2.01. The van der Waals surface area contributed by atoms with Gasteiger partial charge in [0.15, 0.2) is 0 Å². The number of nitrogens with one attached hydrogen (secondary N) is 4. The van der Waals surface area contributed by atoms with Gasteiger partial charge in [0.25, 0.3) is 17.7 Å². The van der Waals surface area contributed by atoms with E-state index in [4.69, 9.17) is 22.9 Å². The molecule has 266 valence electrons. The van der Waals surface area contributed by atoms with Crippen molar-refractivity contribution in [3.05, 3.63) is 93.5 Å². The van der Waals surface area contributed by atoms with Crippen molar-refractivity contribution in [3.63, 3.8) is 0 Å². The Bertz CT molecular complexity index is 1510. The summed E-state index contributed by atoms with van der Waals surface area (Å²) >= 11 is 0. The number of rotatable bonds is 20. The molecule has 0 aliphatic heterocycles. The summed E-state index contributed by atoms with van der Waals surface area (Å²) in [5.41, 5.74) is 30.4. The predicted molar refractivity (Wildman–Crippen MR) is 199 cm³/mol. The molecule has 0 radical (unpaired) electrons. The van der Waals surface area contributed by atoms with Crippen LogP contribution in [0.2, 0.25) is 0 Å². The second-order valence-corrected chi connectivity index (χ2v) is 12.4. The number of benzene rings is 3. The Kier molecular flexibility index (Phi) is 16.4.